The molecule has 6 heteroatoms. The van der Waals surface area contributed by atoms with Crippen molar-refractivity contribution in [3.05, 3.63) is 29.6 Å². The van der Waals surface area contributed by atoms with Gasteiger partial charge in [0.2, 0.25) is 0 Å². The molecule has 0 bridgehead atoms. The van der Waals surface area contributed by atoms with Gasteiger partial charge in [-0.25, -0.2) is 17.6 Å². The molecule has 1 aromatic heterocycles. The van der Waals surface area contributed by atoms with Crippen LogP contribution in [-0.4, -0.2) is 10.9 Å². The average molecular weight is 220 g/mol. The summed E-state index contributed by atoms with van der Waals surface area (Å²) in [6.07, 6.45) is 0.0582. The third-order valence-electron chi connectivity index (χ3n) is 2.50. The third kappa shape index (κ3) is 1.58. The zero-order valence-corrected chi connectivity index (χ0v) is 7.61. The van der Waals surface area contributed by atoms with Crippen LogP contribution in [-0.2, 0) is 5.54 Å². The topological polar surface area (TPSA) is 38.9 Å². The quantitative estimate of drug-likeness (QED) is 0.734. The van der Waals surface area contributed by atoms with Gasteiger partial charge in [0, 0.05) is 18.4 Å². The van der Waals surface area contributed by atoms with E-state index in [1.807, 2.05) is 0 Å². The maximum absolute atomic E-state index is 13.2. The fourth-order valence-corrected chi connectivity index (χ4v) is 1.93. The Morgan fingerprint density at radius 3 is 2.00 bits per heavy atom. The van der Waals surface area contributed by atoms with Crippen molar-refractivity contribution in [3.8, 4) is 0 Å². The minimum atomic E-state index is -2.93. The van der Waals surface area contributed by atoms with Crippen molar-refractivity contribution >= 4 is 0 Å². The van der Waals surface area contributed by atoms with Gasteiger partial charge >= 0.3 is 0 Å². The van der Waals surface area contributed by atoms with Gasteiger partial charge in [0.25, 0.3) is 5.92 Å². The standard InChI is InChI=1S/C9H8F4N2/c10-5-1-15-2-6(11)7(5)8(14)3-9(12,13)4-8/h1-2H,3-4,14H2. The summed E-state index contributed by atoms with van der Waals surface area (Å²) in [4.78, 5) is 3.26. The number of nitrogens with zero attached hydrogens (tertiary/aromatic N) is 1. The van der Waals surface area contributed by atoms with E-state index in [0.717, 1.165) is 12.4 Å². The van der Waals surface area contributed by atoms with Crippen molar-refractivity contribution in [2.24, 2.45) is 5.73 Å². The van der Waals surface area contributed by atoms with E-state index in [-0.39, 0.29) is 0 Å². The number of alkyl halides is 2. The minimum absolute atomic E-state index is 0.497. The molecule has 0 spiro atoms. The highest BCUT2D eigenvalue weighted by molar-refractivity contribution is 5.29. The summed E-state index contributed by atoms with van der Waals surface area (Å²) in [5.74, 6) is -4.89. The van der Waals surface area contributed by atoms with E-state index in [4.69, 9.17) is 5.73 Å². The maximum atomic E-state index is 13.2. The number of nitrogens with two attached hydrogens (primary N) is 1. The first-order valence-corrected chi connectivity index (χ1v) is 4.30. The van der Waals surface area contributed by atoms with Crippen LogP contribution in [0.25, 0.3) is 0 Å². The highest BCUT2D eigenvalue weighted by atomic mass is 19.3. The van der Waals surface area contributed by atoms with Crippen molar-refractivity contribution in [3.63, 3.8) is 0 Å². The van der Waals surface area contributed by atoms with Crippen molar-refractivity contribution in [1.82, 2.24) is 4.98 Å². The summed E-state index contributed by atoms with van der Waals surface area (Å²) in [5.41, 5.74) is 3.41. The SMILES string of the molecule is NC1(c2c(F)cncc2F)CC(F)(F)C1. The van der Waals surface area contributed by atoms with Gasteiger partial charge in [-0.05, 0) is 0 Å². The molecule has 1 heterocycles. The largest absolute Gasteiger partial charge is 0.321 e. The van der Waals surface area contributed by atoms with Crippen LogP contribution in [0.2, 0.25) is 0 Å². The summed E-state index contributed by atoms with van der Waals surface area (Å²) in [6, 6.07) is 0. The molecule has 0 unspecified atom stereocenters. The Labute approximate surface area is 83.1 Å². The summed E-state index contributed by atoms with van der Waals surface area (Å²) in [5, 5.41) is 0. The van der Waals surface area contributed by atoms with Crippen molar-refractivity contribution in [1.29, 1.82) is 0 Å². The molecule has 1 fully saturated rings. The van der Waals surface area contributed by atoms with Crippen LogP contribution < -0.4 is 5.73 Å². The molecule has 1 aliphatic rings. The molecule has 15 heavy (non-hydrogen) atoms. The molecule has 2 rings (SSSR count). The smallest absolute Gasteiger partial charge is 0.252 e. The lowest BCUT2D eigenvalue weighted by molar-refractivity contribution is -0.126. The Kier molecular flexibility index (Phi) is 2.01. The second-order valence-electron chi connectivity index (χ2n) is 3.84. The summed E-state index contributed by atoms with van der Waals surface area (Å²) in [6.45, 7) is 0. The van der Waals surface area contributed by atoms with E-state index in [1.165, 1.54) is 0 Å². The molecule has 1 aromatic rings. The van der Waals surface area contributed by atoms with Crippen LogP contribution in [0.15, 0.2) is 12.4 Å². The normalized spacial score (nSPS) is 22.2. The number of pyridine rings is 1. The first-order valence-electron chi connectivity index (χ1n) is 4.30. The number of aromatic nitrogens is 1. The first-order chi connectivity index (χ1) is 6.84. The number of hydrogen-bond donors (Lipinski definition) is 1. The van der Waals surface area contributed by atoms with Gasteiger partial charge in [0.1, 0.15) is 11.6 Å². The van der Waals surface area contributed by atoms with Gasteiger partial charge < -0.3 is 5.73 Å². The van der Waals surface area contributed by atoms with Crippen LogP contribution in [0.5, 0.6) is 0 Å². The molecule has 0 atom stereocenters. The molecular weight excluding hydrogens is 212 g/mol. The van der Waals surface area contributed by atoms with Crippen LogP contribution in [0.4, 0.5) is 17.6 Å². The lowest BCUT2D eigenvalue weighted by atomic mass is 9.69. The van der Waals surface area contributed by atoms with Crippen LogP contribution in [0.1, 0.15) is 18.4 Å². The van der Waals surface area contributed by atoms with E-state index in [0.29, 0.717) is 0 Å². The molecule has 82 valence electrons. The number of halogens is 4. The molecule has 0 amide bonds. The lowest BCUT2D eigenvalue weighted by Gasteiger charge is -2.44. The molecule has 2 nitrogen and oxygen atoms in total. The average Bonchev–Trinajstić information content (AvgIpc) is 1.98. The second-order valence-corrected chi connectivity index (χ2v) is 3.84. The van der Waals surface area contributed by atoms with Crippen molar-refractivity contribution in [2.75, 3.05) is 0 Å². The molecule has 0 saturated heterocycles. The Balaban J connectivity index is 2.39. The zero-order chi connectivity index (χ0) is 11.3. The Morgan fingerprint density at radius 2 is 1.60 bits per heavy atom. The Hall–Kier alpha value is -1.17. The first kappa shape index (κ1) is 10.4. The van der Waals surface area contributed by atoms with Gasteiger partial charge in [-0.3, -0.25) is 4.98 Å². The molecule has 0 aliphatic heterocycles. The number of rotatable bonds is 1. The Morgan fingerprint density at radius 1 is 1.13 bits per heavy atom. The van der Waals surface area contributed by atoms with Gasteiger partial charge in [0.05, 0.1) is 17.9 Å². The highest BCUT2D eigenvalue weighted by Crippen LogP contribution is 2.50. The second kappa shape index (κ2) is 2.91. The lowest BCUT2D eigenvalue weighted by Crippen LogP contribution is -2.56. The number of hydrogen-bond acceptors (Lipinski definition) is 2. The van der Waals surface area contributed by atoms with Crippen LogP contribution in [0.3, 0.4) is 0 Å². The fraction of sp³-hybridized carbons (Fsp3) is 0.444. The molecule has 0 aromatic carbocycles. The van der Waals surface area contributed by atoms with E-state index in [2.05, 4.69) is 4.98 Å². The monoisotopic (exact) mass is 220 g/mol. The fourth-order valence-electron chi connectivity index (χ4n) is 1.93. The molecule has 0 radical (unpaired) electrons. The van der Waals surface area contributed by atoms with Crippen LogP contribution >= 0.6 is 0 Å². The summed E-state index contributed by atoms with van der Waals surface area (Å²) in [7, 11) is 0. The third-order valence-corrected chi connectivity index (χ3v) is 2.50. The predicted molar refractivity (Wildman–Crippen MR) is 44.2 cm³/mol. The summed E-state index contributed by atoms with van der Waals surface area (Å²) < 4.78 is 51.7. The minimum Gasteiger partial charge on any atom is -0.321 e. The van der Waals surface area contributed by atoms with Crippen molar-refractivity contribution in [2.45, 2.75) is 24.3 Å². The Bertz CT molecular complexity index is 377. The van der Waals surface area contributed by atoms with E-state index in [9.17, 15) is 17.6 Å². The zero-order valence-electron chi connectivity index (χ0n) is 7.61. The highest BCUT2D eigenvalue weighted by Gasteiger charge is 2.57. The molecule has 2 N–H and O–H groups in total. The van der Waals surface area contributed by atoms with Gasteiger partial charge in [-0.15, -0.1) is 0 Å². The van der Waals surface area contributed by atoms with Crippen LogP contribution in [0, 0.1) is 11.6 Å². The summed E-state index contributed by atoms with van der Waals surface area (Å²) >= 11 is 0. The van der Waals surface area contributed by atoms with Crippen molar-refractivity contribution < 1.29 is 17.6 Å². The van der Waals surface area contributed by atoms with E-state index < -0.39 is 41.5 Å². The molecular formula is C9H8F4N2. The molecule has 1 aliphatic carbocycles. The maximum Gasteiger partial charge on any atom is 0.252 e. The molecule has 1 saturated carbocycles. The van der Waals surface area contributed by atoms with E-state index in [1.54, 1.807) is 0 Å². The van der Waals surface area contributed by atoms with E-state index >= 15 is 0 Å². The van der Waals surface area contributed by atoms with Gasteiger partial charge in [-0.2, -0.15) is 0 Å². The van der Waals surface area contributed by atoms with Gasteiger partial charge in [0.15, 0.2) is 0 Å². The predicted octanol–water partition coefficient (Wildman–Crippen LogP) is 1.94. The van der Waals surface area contributed by atoms with Gasteiger partial charge in [-0.1, -0.05) is 0 Å².